The fourth-order valence-electron chi connectivity index (χ4n) is 2.11. The largest absolute Gasteiger partial charge is 0.508 e. The minimum Gasteiger partial charge on any atom is -0.508 e. The molecule has 2 rings (SSSR count). The maximum Gasteiger partial charge on any atom is 0.505 e. The van der Waals surface area contributed by atoms with Crippen molar-refractivity contribution in [1.29, 1.82) is 0 Å². The molecular weight excluding hydrogens is 308 g/mol. The molecule has 0 bridgehead atoms. The van der Waals surface area contributed by atoms with Crippen molar-refractivity contribution in [1.82, 2.24) is 0 Å². The van der Waals surface area contributed by atoms with E-state index in [-0.39, 0.29) is 16.9 Å². The molecule has 0 aromatic heterocycles. The summed E-state index contributed by atoms with van der Waals surface area (Å²) in [4.78, 5) is 9.54. The van der Waals surface area contributed by atoms with Crippen LogP contribution in [0.5, 0.6) is 11.5 Å². The van der Waals surface area contributed by atoms with Gasteiger partial charge in [0, 0.05) is 5.41 Å². The van der Waals surface area contributed by atoms with Crippen LogP contribution in [0.15, 0.2) is 48.5 Å². The normalized spacial score (nSPS) is 10.5. The lowest BCUT2D eigenvalue weighted by molar-refractivity contribution is 0.0917. The van der Waals surface area contributed by atoms with Gasteiger partial charge in [0.25, 0.3) is 0 Å². The van der Waals surface area contributed by atoms with E-state index in [9.17, 15) is 15.0 Å². The van der Waals surface area contributed by atoms with Crippen molar-refractivity contribution in [3.8, 4) is 11.5 Å². The predicted octanol–water partition coefficient (Wildman–Crippen LogP) is 4.51. The molecule has 2 aromatic rings. The fourth-order valence-corrected chi connectivity index (χ4v) is 2.11. The summed E-state index contributed by atoms with van der Waals surface area (Å²) in [5.41, 5.74) is 2.10. The van der Waals surface area contributed by atoms with E-state index in [1.807, 2.05) is 31.2 Å². The van der Waals surface area contributed by atoms with Gasteiger partial charge in [-0.1, -0.05) is 45.0 Å². The van der Waals surface area contributed by atoms with Gasteiger partial charge in [-0.3, -0.25) is 0 Å². The molecule has 130 valence electrons. The molecule has 0 heterocycles. The van der Waals surface area contributed by atoms with Crippen LogP contribution in [-0.2, 0) is 10.2 Å². The van der Waals surface area contributed by atoms with Crippen LogP contribution in [0.4, 0.5) is 4.79 Å². The van der Waals surface area contributed by atoms with Crippen LogP contribution in [0.3, 0.4) is 0 Å². The smallest absolute Gasteiger partial charge is 0.505 e. The first-order valence-corrected chi connectivity index (χ1v) is 7.72. The van der Waals surface area contributed by atoms with E-state index < -0.39 is 6.16 Å². The first-order chi connectivity index (χ1) is 11.3. The zero-order valence-electron chi connectivity index (χ0n) is 14.2. The maximum atomic E-state index is 9.54. The Labute approximate surface area is 142 Å². The second-order valence-electron chi connectivity index (χ2n) is 5.83. The van der Waals surface area contributed by atoms with Crippen LogP contribution in [-0.4, -0.2) is 28.1 Å². The Morgan fingerprint density at radius 1 is 0.917 bits per heavy atom. The van der Waals surface area contributed by atoms with Crippen molar-refractivity contribution >= 4 is 6.16 Å². The van der Waals surface area contributed by atoms with Gasteiger partial charge in [-0.25, -0.2) is 4.79 Å². The van der Waals surface area contributed by atoms with Gasteiger partial charge in [0.15, 0.2) is 0 Å². The van der Waals surface area contributed by atoms with Crippen molar-refractivity contribution in [3.63, 3.8) is 0 Å². The summed E-state index contributed by atoms with van der Waals surface area (Å²) < 4.78 is 4.11. The van der Waals surface area contributed by atoms with E-state index >= 15 is 0 Å². The van der Waals surface area contributed by atoms with Gasteiger partial charge in [0.2, 0.25) is 0 Å². The third-order valence-corrected chi connectivity index (χ3v) is 3.61. The molecule has 0 saturated carbocycles. The molecule has 3 N–H and O–H groups in total. The van der Waals surface area contributed by atoms with Crippen LogP contribution in [0.25, 0.3) is 0 Å². The molecule has 24 heavy (non-hydrogen) atoms. The highest BCUT2D eigenvalue weighted by molar-refractivity contribution is 5.56. The van der Waals surface area contributed by atoms with Gasteiger partial charge in [0.05, 0.1) is 6.61 Å². The van der Waals surface area contributed by atoms with Crippen LogP contribution in [0.1, 0.15) is 38.3 Å². The number of rotatable bonds is 4. The summed E-state index contributed by atoms with van der Waals surface area (Å²) >= 11 is 0. The van der Waals surface area contributed by atoms with E-state index in [4.69, 9.17) is 5.11 Å². The van der Waals surface area contributed by atoms with Crippen LogP contribution in [0, 0.1) is 0 Å². The number of carbonyl (C=O) groups is 1. The molecule has 0 fully saturated rings. The monoisotopic (exact) mass is 332 g/mol. The number of hydrogen-bond acceptors (Lipinski definition) is 4. The first kappa shape index (κ1) is 19.4. The zero-order valence-corrected chi connectivity index (χ0v) is 14.2. The minimum atomic E-state index is -1.19. The molecule has 0 unspecified atom stereocenters. The second kappa shape index (κ2) is 8.82. The Balaban J connectivity index is 0.000000351. The highest BCUT2D eigenvalue weighted by Gasteiger charge is 2.22. The summed E-state index contributed by atoms with van der Waals surface area (Å²) in [5, 5.41) is 26.4. The van der Waals surface area contributed by atoms with Crippen molar-refractivity contribution in [2.24, 2.45) is 0 Å². The first-order valence-electron chi connectivity index (χ1n) is 7.72. The third kappa shape index (κ3) is 5.83. The Hall–Kier alpha value is -2.69. The van der Waals surface area contributed by atoms with Gasteiger partial charge in [-0.15, -0.1) is 0 Å². The average molecular weight is 332 g/mol. The van der Waals surface area contributed by atoms with E-state index in [1.165, 1.54) is 0 Å². The fraction of sp³-hybridized carbons (Fsp3) is 0.316. The summed E-state index contributed by atoms with van der Waals surface area (Å²) in [6, 6.07) is 14.4. The van der Waals surface area contributed by atoms with Gasteiger partial charge >= 0.3 is 6.16 Å². The SMILES string of the molecule is CC(C)(c1ccc(O)cc1)c1ccc(O)cc1.CCCOC(=O)O. The Morgan fingerprint density at radius 3 is 1.54 bits per heavy atom. The minimum absolute atomic E-state index is 0.151. The van der Waals surface area contributed by atoms with Gasteiger partial charge in [-0.2, -0.15) is 0 Å². The molecule has 5 nitrogen and oxygen atoms in total. The topological polar surface area (TPSA) is 87.0 Å². The molecule has 0 radical (unpaired) electrons. The van der Waals surface area contributed by atoms with Gasteiger partial charge in [0.1, 0.15) is 11.5 Å². The van der Waals surface area contributed by atoms with Crippen LogP contribution < -0.4 is 0 Å². The number of benzene rings is 2. The van der Waals surface area contributed by atoms with E-state index in [1.54, 1.807) is 24.3 Å². The number of aromatic hydroxyl groups is 2. The quantitative estimate of drug-likeness (QED) is 0.717. The summed E-state index contributed by atoms with van der Waals surface area (Å²) in [6.45, 7) is 6.38. The summed E-state index contributed by atoms with van der Waals surface area (Å²) in [5.74, 6) is 0.547. The lowest BCUT2D eigenvalue weighted by Crippen LogP contribution is -2.18. The highest BCUT2D eigenvalue weighted by Crippen LogP contribution is 2.32. The molecule has 0 saturated heterocycles. The summed E-state index contributed by atoms with van der Waals surface area (Å²) in [7, 11) is 0. The van der Waals surface area contributed by atoms with E-state index in [0.717, 1.165) is 17.5 Å². The number of carboxylic acid groups (broad SMARTS) is 1. The van der Waals surface area contributed by atoms with Crippen molar-refractivity contribution in [2.75, 3.05) is 6.61 Å². The predicted molar refractivity (Wildman–Crippen MR) is 92.6 cm³/mol. The van der Waals surface area contributed by atoms with E-state index in [0.29, 0.717) is 6.61 Å². The molecule has 0 amide bonds. The highest BCUT2D eigenvalue weighted by atomic mass is 16.7. The van der Waals surface area contributed by atoms with Crippen molar-refractivity contribution in [3.05, 3.63) is 59.7 Å². The molecule has 2 aromatic carbocycles. The molecular formula is C19H24O5. The standard InChI is InChI=1S/C15H16O2.C4H8O3/c1-15(2,11-3-7-13(16)8-4-11)12-5-9-14(17)10-6-12;1-2-3-7-4(5)6/h3-10,16-17H,1-2H3;2-3H2,1H3,(H,5,6). The Morgan fingerprint density at radius 2 is 1.29 bits per heavy atom. The molecule has 0 aliphatic heterocycles. The van der Waals surface area contributed by atoms with Gasteiger partial charge in [-0.05, 0) is 41.8 Å². The molecule has 0 aliphatic rings. The average Bonchev–Trinajstić information content (AvgIpc) is 2.54. The Kier molecular flexibility index (Phi) is 7.11. The molecule has 5 heteroatoms. The lowest BCUT2D eigenvalue weighted by atomic mass is 9.78. The summed E-state index contributed by atoms with van der Waals surface area (Å²) in [6.07, 6.45) is -0.450. The third-order valence-electron chi connectivity index (χ3n) is 3.61. The van der Waals surface area contributed by atoms with Crippen LogP contribution >= 0.6 is 0 Å². The maximum absolute atomic E-state index is 9.54. The van der Waals surface area contributed by atoms with Crippen molar-refractivity contribution in [2.45, 2.75) is 32.6 Å². The van der Waals surface area contributed by atoms with E-state index in [2.05, 4.69) is 18.6 Å². The molecule has 0 spiro atoms. The van der Waals surface area contributed by atoms with Crippen molar-refractivity contribution < 1.29 is 24.9 Å². The lowest BCUT2D eigenvalue weighted by Gasteiger charge is -2.26. The molecule has 0 atom stereocenters. The van der Waals surface area contributed by atoms with Gasteiger partial charge < -0.3 is 20.1 Å². The molecule has 0 aliphatic carbocycles. The number of hydrogen-bond donors (Lipinski definition) is 3. The van der Waals surface area contributed by atoms with Crippen LogP contribution in [0.2, 0.25) is 0 Å². The Bertz CT molecular complexity index is 582. The zero-order chi connectivity index (χ0) is 18.2. The second-order valence-corrected chi connectivity index (χ2v) is 5.83. The number of phenols is 2. The number of ether oxygens (including phenoxy) is 1. The number of phenolic OH excluding ortho intramolecular Hbond substituents is 2.